The minimum absolute atomic E-state index is 0.531. The topological polar surface area (TPSA) is 12.0 Å². The summed E-state index contributed by atoms with van der Waals surface area (Å²) in [7, 11) is -1.79. The van der Waals surface area contributed by atoms with Crippen molar-refractivity contribution >= 4 is 13.9 Å². The first-order valence-corrected chi connectivity index (χ1v) is 12.8. The Balaban J connectivity index is 2.53. The molecule has 1 nitrogen and oxygen atoms in total. The Bertz CT molecular complexity index is 693. The van der Waals surface area contributed by atoms with E-state index in [4.69, 9.17) is 0 Å². The van der Waals surface area contributed by atoms with E-state index in [-0.39, 0.29) is 0 Å². The average Bonchev–Trinajstić information content (AvgIpc) is 2.70. The number of rotatable bonds is 5. The minimum Gasteiger partial charge on any atom is -0.407 e. The third-order valence-electron chi connectivity index (χ3n) is 6.12. The van der Waals surface area contributed by atoms with Crippen molar-refractivity contribution in [3.05, 3.63) is 51.2 Å². The summed E-state index contributed by atoms with van der Waals surface area (Å²) in [5.41, 5.74) is 8.90. The van der Waals surface area contributed by atoms with Crippen LogP contribution in [0.3, 0.4) is 0 Å². The maximum atomic E-state index is 4.12. The van der Waals surface area contributed by atoms with Gasteiger partial charge in [0.15, 0.2) is 8.24 Å². The second kappa shape index (κ2) is 7.15. The smallest absolute Gasteiger partial charge is 0.176 e. The van der Waals surface area contributed by atoms with Crippen LogP contribution in [-0.2, 0) is 0 Å². The quantitative estimate of drug-likeness (QED) is 0.543. The van der Waals surface area contributed by atoms with E-state index in [0.717, 1.165) is 0 Å². The van der Waals surface area contributed by atoms with Crippen LogP contribution in [0.25, 0.3) is 0 Å². The van der Waals surface area contributed by atoms with Crippen molar-refractivity contribution in [3.8, 4) is 0 Å². The number of hydrogen-bond acceptors (Lipinski definition) is 1. The first-order valence-electron chi connectivity index (χ1n) is 9.79. The summed E-state index contributed by atoms with van der Waals surface area (Å²) in [6.45, 7) is 23.5. The summed E-state index contributed by atoms with van der Waals surface area (Å²) >= 11 is 0. The first-order chi connectivity index (χ1) is 11.5. The number of benzene rings is 1. The molecule has 2 rings (SSSR count). The van der Waals surface area contributed by atoms with E-state index in [1.54, 1.807) is 10.8 Å². The molecule has 0 aliphatic heterocycles. The molecule has 0 saturated carbocycles. The van der Waals surface area contributed by atoms with Crippen LogP contribution in [0.15, 0.2) is 40.1 Å². The van der Waals surface area contributed by atoms with E-state index in [9.17, 15) is 0 Å². The van der Waals surface area contributed by atoms with Gasteiger partial charge in [0.2, 0.25) is 0 Å². The van der Waals surface area contributed by atoms with Crippen molar-refractivity contribution in [3.63, 3.8) is 0 Å². The van der Waals surface area contributed by atoms with E-state index in [0.29, 0.717) is 17.8 Å². The van der Waals surface area contributed by atoms with Gasteiger partial charge < -0.3 is 4.98 Å². The van der Waals surface area contributed by atoms with Gasteiger partial charge in [0.05, 0.1) is 0 Å². The molecule has 1 atom stereocenters. The van der Waals surface area contributed by atoms with Gasteiger partial charge in [-0.1, -0.05) is 69.2 Å². The van der Waals surface area contributed by atoms with Crippen molar-refractivity contribution in [2.45, 2.75) is 80.3 Å². The molecule has 0 amide bonds. The van der Waals surface area contributed by atoms with Gasteiger partial charge in [-0.15, -0.1) is 0 Å². The number of allylic oxidation sites excluding steroid dienone is 4. The van der Waals surface area contributed by atoms with Crippen LogP contribution < -0.4 is 4.98 Å². The molecule has 0 spiro atoms. The van der Waals surface area contributed by atoms with E-state index in [1.807, 2.05) is 0 Å². The molecule has 2 heteroatoms. The highest BCUT2D eigenvalue weighted by molar-refractivity contribution is 6.87. The zero-order valence-corrected chi connectivity index (χ0v) is 19.0. The monoisotopic (exact) mass is 355 g/mol. The molecular weight excluding hydrogens is 318 g/mol. The number of nitrogens with one attached hydrogen (secondary N) is 1. The zero-order valence-electron chi connectivity index (χ0n) is 18.0. The van der Waals surface area contributed by atoms with Crippen LogP contribution in [0.2, 0.25) is 13.1 Å². The average molecular weight is 356 g/mol. The van der Waals surface area contributed by atoms with Gasteiger partial charge in [-0.05, 0) is 68.3 Å². The highest BCUT2D eigenvalue weighted by atomic mass is 28.3. The van der Waals surface area contributed by atoms with Crippen molar-refractivity contribution in [2.75, 3.05) is 4.98 Å². The van der Waals surface area contributed by atoms with Gasteiger partial charge in [0.25, 0.3) is 0 Å². The third-order valence-corrected chi connectivity index (χ3v) is 9.15. The fraction of sp³-hybridized carbons (Fsp3) is 0.565. The van der Waals surface area contributed by atoms with Gasteiger partial charge in [0.1, 0.15) is 0 Å². The normalized spacial score (nSPS) is 18.8. The van der Waals surface area contributed by atoms with E-state index < -0.39 is 8.24 Å². The molecule has 1 N–H and O–H groups in total. The van der Waals surface area contributed by atoms with Crippen LogP contribution in [0.5, 0.6) is 0 Å². The summed E-state index contributed by atoms with van der Waals surface area (Å²) < 4.78 is 0. The summed E-state index contributed by atoms with van der Waals surface area (Å²) in [6, 6.07) is 6.83. The van der Waals surface area contributed by atoms with Crippen molar-refractivity contribution in [1.82, 2.24) is 0 Å². The van der Waals surface area contributed by atoms with Crippen LogP contribution in [0.4, 0.5) is 5.69 Å². The van der Waals surface area contributed by atoms with Gasteiger partial charge in [-0.2, -0.15) is 0 Å². The van der Waals surface area contributed by atoms with Gasteiger partial charge in [-0.25, -0.2) is 0 Å². The second-order valence-electron chi connectivity index (χ2n) is 8.94. The first kappa shape index (κ1) is 20.0. The maximum Gasteiger partial charge on any atom is 0.176 e. The highest BCUT2D eigenvalue weighted by Crippen LogP contribution is 2.43. The highest BCUT2D eigenvalue weighted by Gasteiger charge is 2.37. The van der Waals surface area contributed by atoms with Gasteiger partial charge >= 0.3 is 0 Å². The Hall–Kier alpha value is -1.28. The molecule has 0 heterocycles. The fourth-order valence-electron chi connectivity index (χ4n) is 4.45. The Morgan fingerprint density at radius 3 is 1.72 bits per heavy atom. The van der Waals surface area contributed by atoms with Crippen molar-refractivity contribution in [1.29, 1.82) is 0 Å². The molecule has 138 valence electrons. The lowest BCUT2D eigenvalue weighted by atomic mass is 9.93. The number of para-hydroxylation sites is 1. The van der Waals surface area contributed by atoms with Crippen LogP contribution in [-0.4, -0.2) is 8.24 Å². The molecule has 0 saturated heterocycles. The molecule has 1 aliphatic rings. The summed E-state index contributed by atoms with van der Waals surface area (Å²) in [5.74, 6) is 1.63. The summed E-state index contributed by atoms with van der Waals surface area (Å²) in [6.07, 6.45) is 0. The van der Waals surface area contributed by atoms with Crippen LogP contribution in [0, 0.1) is 5.92 Å². The predicted octanol–water partition coefficient (Wildman–Crippen LogP) is 7.39. The number of hydrogen-bond donors (Lipinski definition) is 1. The minimum atomic E-state index is -1.79. The van der Waals surface area contributed by atoms with E-state index in [2.05, 4.69) is 91.7 Å². The molecule has 1 aliphatic carbocycles. The Morgan fingerprint density at radius 2 is 1.36 bits per heavy atom. The SMILES string of the molecule is CC1=C(C)C(C)C([Si](C)(C)Nc2c(C(C)C)cccc2C(C)C)=C1C. The van der Waals surface area contributed by atoms with Crippen molar-refractivity contribution in [2.24, 2.45) is 5.92 Å². The van der Waals surface area contributed by atoms with Crippen LogP contribution >= 0.6 is 0 Å². The predicted molar refractivity (Wildman–Crippen MR) is 116 cm³/mol. The molecule has 1 aromatic rings. The van der Waals surface area contributed by atoms with E-state index in [1.165, 1.54) is 28.0 Å². The lowest BCUT2D eigenvalue weighted by Crippen LogP contribution is -2.42. The summed E-state index contributed by atoms with van der Waals surface area (Å²) in [5, 5.41) is 1.68. The summed E-state index contributed by atoms with van der Waals surface area (Å²) in [4.78, 5) is 4.12. The molecule has 1 unspecified atom stereocenters. The van der Waals surface area contributed by atoms with Crippen LogP contribution in [0.1, 0.15) is 78.4 Å². The zero-order chi connectivity index (χ0) is 19.1. The fourth-order valence-corrected chi connectivity index (χ4v) is 7.92. The molecule has 0 radical (unpaired) electrons. The molecule has 0 bridgehead atoms. The molecule has 1 aromatic carbocycles. The second-order valence-corrected chi connectivity index (χ2v) is 13.0. The lowest BCUT2D eigenvalue weighted by Gasteiger charge is -2.34. The van der Waals surface area contributed by atoms with Gasteiger partial charge in [-0.3, -0.25) is 0 Å². The molecule has 0 aromatic heterocycles. The van der Waals surface area contributed by atoms with E-state index >= 15 is 0 Å². The molecular formula is C23H37NSi. The van der Waals surface area contributed by atoms with Crippen molar-refractivity contribution < 1.29 is 0 Å². The third kappa shape index (κ3) is 3.65. The lowest BCUT2D eigenvalue weighted by molar-refractivity contribution is 0.835. The molecule has 25 heavy (non-hydrogen) atoms. The number of anilines is 1. The Kier molecular flexibility index (Phi) is 5.73. The maximum absolute atomic E-state index is 4.12. The standard InChI is InChI=1S/C23H37NSi/c1-14(2)20-12-11-13-21(15(3)4)22(20)24-25(9,10)23-18(7)16(5)17(6)19(23)8/h11-15,18,24H,1-10H3. The molecule has 0 fully saturated rings. The largest absolute Gasteiger partial charge is 0.407 e. The Morgan fingerprint density at radius 1 is 0.880 bits per heavy atom. The van der Waals surface area contributed by atoms with Gasteiger partial charge in [0, 0.05) is 5.69 Å². The Labute approximate surface area is 156 Å².